The number of nitrogens with one attached hydrogen (secondary N) is 1. The Balaban J connectivity index is 2.05. The van der Waals surface area contributed by atoms with Gasteiger partial charge in [-0.3, -0.25) is 0 Å². The van der Waals surface area contributed by atoms with Crippen LogP contribution in [0.15, 0.2) is 18.2 Å². The summed E-state index contributed by atoms with van der Waals surface area (Å²) in [6.07, 6.45) is 2.25. The van der Waals surface area contributed by atoms with Crippen molar-refractivity contribution in [3.63, 3.8) is 0 Å². The van der Waals surface area contributed by atoms with E-state index in [2.05, 4.69) is 11.4 Å². The molecule has 16 heavy (non-hydrogen) atoms. The number of nitrogens with zero attached hydrogens (tertiary/aromatic N) is 1. The van der Waals surface area contributed by atoms with Crippen molar-refractivity contribution in [3.05, 3.63) is 29.3 Å². The predicted molar refractivity (Wildman–Crippen MR) is 65.7 cm³/mol. The van der Waals surface area contributed by atoms with E-state index in [1.807, 2.05) is 30.9 Å². The number of urea groups is 1. The molecule has 0 spiro atoms. The number of aryl methyl sites for hydroxylation is 2. The fraction of sp³-hybridized carbons (Fsp3) is 0.462. The van der Waals surface area contributed by atoms with E-state index < -0.39 is 0 Å². The van der Waals surface area contributed by atoms with Crippen LogP contribution in [0.5, 0.6) is 0 Å². The Bertz CT molecular complexity index is 375. The van der Waals surface area contributed by atoms with Gasteiger partial charge in [0.15, 0.2) is 0 Å². The third-order valence-electron chi connectivity index (χ3n) is 2.87. The molecule has 1 saturated heterocycles. The summed E-state index contributed by atoms with van der Waals surface area (Å²) in [5.41, 5.74) is 3.25. The molecule has 1 aromatic carbocycles. The summed E-state index contributed by atoms with van der Waals surface area (Å²) in [5, 5.41) is 2.95. The van der Waals surface area contributed by atoms with E-state index in [1.54, 1.807) is 0 Å². The lowest BCUT2D eigenvalue weighted by molar-refractivity contribution is 0.222. The molecule has 0 atom stereocenters. The molecule has 0 bridgehead atoms. The van der Waals surface area contributed by atoms with Crippen molar-refractivity contribution in [1.82, 2.24) is 4.90 Å². The first kappa shape index (κ1) is 11.0. The van der Waals surface area contributed by atoms with E-state index in [9.17, 15) is 4.79 Å². The average molecular weight is 218 g/mol. The van der Waals surface area contributed by atoms with Crippen LogP contribution in [0.1, 0.15) is 24.0 Å². The van der Waals surface area contributed by atoms with E-state index in [4.69, 9.17) is 0 Å². The highest BCUT2D eigenvalue weighted by atomic mass is 16.2. The van der Waals surface area contributed by atoms with Crippen molar-refractivity contribution in [3.8, 4) is 0 Å². The standard InChI is InChI=1S/C13H18N2O/c1-10-7-11(2)9-12(8-10)14-13(16)15-5-3-4-6-15/h7-9H,3-6H2,1-2H3,(H,14,16). The summed E-state index contributed by atoms with van der Waals surface area (Å²) < 4.78 is 0. The zero-order chi connectivity index (χ0) is 11.5. The van der Waals surface area contributed by atoms with Gasteiger partial charge in [0.2, 0.25) is 0 Å². The minimum atomic E-state index is 0.0301. The van der Waals surface area contributed by atoms with Crippen LogP contribution in [-0.2, 0) is 0 Å². The molecular formula is C13H18N2O. The lowest BCUT2D eigenvalue weighted by Crippen LogP contribution is -2.32. The summed E-state index contributed by atoms with van der Waals surface area (Å²) in [6, 6.07) is 6.13. The molecule has 1 N–H and O–H groups in total. The highest BCUT2D eigenvalue weighted by Crippen LogP contribution is 2.15. The predicted octanol–water partition coefficient (Wildman–Crippen LogP) is 2.93. The second kappa shape index (κ2) is 4.56. The Morgan fingerprint density at radius 2 is 1.69 bits per heavy atom. The molecule has 0 unspecified atom stereocenters. The fourth-order valence-electron chi connectivity index (χ4n) is 2.17. The molecule has 0 radical (unpaired) electrons. The molecule has 3 nitrogen and oxygen atoms in total. The van der Waals surface area contributed by atoms with E-state index in [0.717, 1.165) is 31.6 Å². The Labute approximate surface area is 96.5 Å². The number of likely N-dealkylation sites (tertiary alicyclic amines) is 1. The minimum Gasteiger partial charge on any atom is -0.325 e. The molecule has 0 aromatic heterocycles. The smallest absolute Gasteiger partial charge is 0.321 e. The van der Waals surface area contributed by atoms with Gasteiger partial charge in [0, 0.05) is 18.8 Å². The molecule has 2 rings (SSSR count). The van der Waals surface area contributed by atoms with Crippen LogP contribution in [0.2, 0.25) is 0 Å². The van der Waals surface area contributed by atoms with Crippen molar-refractivity contribution in [1.29, 1.82) is 0 Å². The zero-order valence-corrected chi connectivity index (χ0v) is 9.92. The number of carbonyl (C=O) groups excluding carboxylic acids is 1. The Kier molecular flexibility index (Phi) is 3.13. The summed E-state index contributed by atoms with van der Waals surface area (Å²) in [7, 11) is 0. The summed E-state index contributed by atoms with van der Waals surface area (Å²) in [4.78, 5) is 13.7. The van der Waals surface area contributed by atoms with Crippen molar-refractivity contribution < 1.29 is 4.79 Å². The summed E-state index contributed by atoms with van der Waals surface area (Å²) in [5.74, 6) is 0. The lowest BCUT2D eigenvalue weighted by atomic mass is 10.1. The van der Waals surface area contributed by atoms with E-state index in [1.165, 1.54) is 11.1 Å². The van der Waals surface area contributed by atoms with Gasteiger partial charge >= 0.3 is 6.03 Å². The van der Waals surface area contributed by atoms with Gasteiger partial charge in [-0.15, -0.1) is 0 Å². The first-order chi connectivity index (χ1) is 7.65. The molecule has 86 valence electrons. The highest BCUT2D eigenvalue weighted by Gasteiger charge is 2.17. The summed E-state index contributed by atoms with van der Waals surface area (Å²) in [6.45, 7) is 5.85. The summed E-state index contributed by atoms with van der Waals surface area (Å²) >= 11 is 0. The fourth-order valence-corrected chi connectivity index (χ4v) is 2.17. The largest absolute Gasteiger partial charge is 0.325 e. The molecule has 3 heteroatoms. The van der Waals surface area contributed by atoms with Crippen molar-refractivity contribution >= 4 is 11.7 Å². The third kappa shape index (κ3) is 2.54. The normalized spacial score (nSPS) is 15.2. The number of rotatable bonds is 1. The second-order valence-corrected chi connectivity index (χ2v) is 4.50. The van der Waals surface area contributed by atoms with E-state index in [0.29, 0.717) is 0 Å². The van der Waals surface area contributed by atoms with Gasteiger partial charge in [0.05, 0.1) is 0 Å². The Morgan fingerprint density at radius 3 is 2.25 bits per heavy atom. The quantitative estimate of drug-likeness (QED) is 0.772. The number of benzene rings is 1. The SMILES string of the molecule is Cc1cc(C)cc(NC(=O)N2CCCC2)c1. The second-order valence-electron chi connectivity index (χ2n) is 4.50. The Hall–Kier alpha value is -1.51. The van der Waals surface area contributed by atoms with Crippen molar-refractivity contribution in [2.45, 2.75) is 26.7 Å². The van der Waals surface area contributed by atoms with E-state index in [-0.39, 0.29) is 6.03 Å². The highest BCUT2D eigenvalue weighted by molar-refractivity contribution is 5.89. The zero-order valence-electron chi connectivity index (χ0n) is 9.92. The molecule has 1 aliphatic heterocycles. The number of amides is 2. The lowest BCUT2D eigenvalue weighted by Gasteiger charge is -2.16. The maximum Gasteiger partial charge on any atom is 0.321 e. The van der Waals surface area contributed by atoms with Crippen LogP contribution in [0.3, 0.4) is 0 Å². The van der Waals surface area contributed by atoms with Crippen LogP contribution in [0.25, 0.3) is 0 Å². The molecule has 1 aromatic rings. The van der Waals surface area contributed by atoms with Gasteiger partial charge in [0.25, 0.3) is 0 Å². The number of anilines is 1. The number of hydrogen-bond donors (Lipinski definition) is 1. The maximum absolute atomic E-state index is 11.9. The van der Waals surface area contributed by atoms with Crippen LogP contribution in [0.4, 0.5) is 10.5 Å². The molecule has 1 aliphatic rings. The molecule has 1 fully saturated rings. The number of carbonyl (C=O) groups is 1. The molecule has 0 aliphatic carbocycles. The van der Waals surface area contributed by atoms with Gasteiger partial charge in [-0.25, -0.2) is 4.79 Å². The monoisotopic (exact) mass is 218 g/mol. The van der Waals surface area contributed by atoms with Gasteiger partial charge in [0.1, 0.15) is 0 Å². The molecule has 1 heterocycles. The van der Waals surface area contributed by atoms with Gasteiger partial charge in [-0.2, -0.15) is 0 Å². The van der Waals surface area contributed by atoms with Crippen LogP contribution in [0, 0.1) is 13.8 Å². The maximum atomic E-state index is 11.9. The average Bonchev–Trinajstić information content (AvgIpc) is 2.68. The van der Waals surface area contributed by atoms with Crippen LogP contribution < -0.4 is 5.32 Å². The topological polar surface area (TPSA) is 32.3 Å². The van der Waals surface area contributed by atoms with Crippen LogP contribution >= 0.6 is 0 Å². The van der Waals surface area contributed by atoms with Crippen molar-refractivity contribution in [2.24, 2.45) is 0 Å². The van der Waals surface area contributed by atoms with Crippen molar-refractivity contribution in [2.75, 3.05) is 18.4 Å². The molecular weight excluding hydrogens is 200 g/mol. The van der Waals surface area contributed by atoms with Crippen LogP contribution in [-0.4, -0.2) is 24.0 Å². The Morgan fingerprint density at radius 1 is 1.12 bits per heavy atom. The van der Waals surface area contributed by atoms with Gasteiger partial charge in [-0.1, -0.05) is 6.07 Å². The first-order valence-corrected chi connectivity index (χ1v) is 5.79. The number of hydrogen-bond acceptors (Lipinski definition) is 1. The molecule has 0 saturated carbocycles. The first-order valence-electron chi connectivity index (χ1n) is 5.79. The molecule has 2 amide bonds. The van der Waals surface area contributed by atoms with E-state index >= 15 is 0 Å². The van der Waals surface area contributed by atoms with Gasteiger partial charge < -0.3 is 10.2 Å². The third-order valence-corrected chi connectivity index (χ3v) is 2.87. The van der Waals surface area contributed by atoms with Gasteiger partial charge in [-0.05, 0) is 49.9 Å². The minimum absolute atomic E-state index is 0.0301.